The smallest absolute Gasteiger partial charge is 0.193 e. The SMILES string of the molecule is CC1(C)C2=C(C(=O)c3ccc(OC[C@H](O)CO)cc31)c1ccc(-c3ncc[nH]3)cc1C2. The lowest BCUT2D eigenvalue weighted by atomic mass is 9.68. The predicted molar refractivity (Wildman–Crippen MR) is 117 cm³/mol. The first-order valence-corrected chi connectivity index (χ1v) is 10.4. The number of aromatic nitrogens is 2. The molecule has 6 nitrogen and oxygen atoms in total. The standard InChI is InChI=1S/C25H24N2O4/c1-25(2)20-11-17(31-13-16(29)12-28)4-6-19(20)23(30)22-18-5-3-14(24-26-7-8-27-24)9-15(18)10-21(22)25/h3-9,11,16,28-29H,10,12-13H2,1-2H3,(H,26,27)/t16-/m1/s1. The fourth-order valence-electron chi connectivity index (χ4n) is 4.66. The van der Waals surface area contributed by atoms with Crippen molar-refractivity contribution >= 4 is 11.4 Å². The van der Waals surface area contributed by atoms with Gasteiger partial charge in [-0.25, -0.2) is 4.98 Å². The number of aliphatic hydroxyl groups is 2. The van der Waals surface area contributed by atoms with E-state index in [-0.39, 0.29) is 24.4 Å². The number of imidazole rings is 1. The van der Waals surface area contributed by atoms with Crippen LogP contribution in [0.15, 0.2) is 54.4 Å². The van der Waals surface area contributed by atoms with Gasteiger partial charge in [-0.15, -0.1) is 0 Å². The zero-order valence-corrected chi connectivity index (χ0v) is 17.5. The van der Waals surface area contributed by atoms with Crippen molar-refractivity contribution in [2.24, 2.45) is 0 Å². The molecule has 0 spiro atoms. The minimum Gasteiger partial charge on any atom is -0.491 e. The maximum Gasteiger partial charge on any atom is 0.193 e. The van der Waals surface area contributed by atoms with E-state index in [0.717, 1.165) is 39.2 Å². The predicted octanol–water partition coefficient (Wildman–Crippen LogP) is 3.29. The number of rotatable bonds is 5. The Labute approximate surface area is 180 Å². The zero-order valence-electron chi connectivity index (χ0n) is 17.5. The summed E-state index contributed by atoms with van der Waals surface area (Å²) in [6.07, 6.45) is 3.31. The Bertz CT molecular complexity index is 1210. The summed E-state index contributed by atoms with van der Waals surface area (Å²) in [4.78, 5) is 21.0. The minimum absolute atomic E-state index is 0.00138. The van der Waals surface area contributed by atoms with E-state index >= 15 is 0 Å². The van der Waals surface area contributed by atoms with Crippen molar-refractivity contribution in [2.45, 2.75) is 31.8 Å². The molecule has 3 N–H and O–H groups in total. The number of nitrogens with one attached hydrogen (secondary N) is 1. The van der Waals surface area contributed by atoms with Crippen LogP contribution in [-0.2, 0) is 11.8 Å². The Balaban J connectivity index is 1.52. The first-order valence-electron chi connectivity index (χ1n) is 10.4. The van der Waals surface area contributed by atoms with Gasteiger partial charge >= 0.3 is 0 Å². The van der Waals surface area contributed by atoms with Gasteiger partial charge in [0, 0.05) is 34.5 Å². The molecule has 0 saturated heterocycles. The molecular weight excluding hydrogens is 392 g/mol. The molecule has 2 aromatic carbocycles. The van der Waals surface area contributed by atoms with Gasteiger partial charge in [0.25, 0.3) is 0 Å². The molecule has 0 radical (unpaired) electrons. The van der Waals surface area contributed by atoms with Crippen LogP contribution in [0.2, 0.25) is 0 Å². The van der Waals surface area contributed by atoms with E-state index in [1.54, 1.807) is 24.5 Å². The molecular formula is C25H24N2O4. The summed E-state index contributed by atoms with van der Waals surface area (Å²) in [5.74, 6) is 1.43. The van der Waals surface area contributed by atoms with Crippen LogP contribution in [-0.4, -0.2) is 45.3 Å². The molecule has 3 aromatic rings. The second kappa shape index (κ2) is 7.18. The number of ether oxygens (including phenoxy) is 1. The largest absolute Gasteiger partial charge is 0.491 e. The Morgan fingerprint density at radius 2 is 2.00 bits per heavy atom. The lowest BCUT2D eigenvalue weighted by Crippen LogP contribution is -2.30. The molecule has 0 amide bonds. The molecule has 0 bridgehead atoms. The molecule has 6 heteroatoms. The first kappa shape index (κ1) is 19.7. The number of hydrogen-bond acceptors (Lipinski definition) is 5. The van der Waals surface area contributed by atoms with Crippen LogP contribution < -0.4 is 4.74 Å². The molecule has 0 fully saturated rings. The van der Waals surface area contributed by atoms with Crippen molar-refractivity contribution in [3.63, 3.8) is 0 Å². The topological polar surface area (TPSA) is 95.4 Å². The van der Waals surface area contributed by atoms with Crippen LogP contribution in [0.3, 0.4) is 0 Å². The lowest BCUT2D eigenvalue weighted by molar-refractivity contribution is 0.0535. The molecule has 2 aliphatic carbocycles. The molecule has 158 valence electrons. The van der Waals surface area contributed by atoms with E-state index in [4.69, 9.17) is 9.84 Å². The highest BCUT2D eigenvalue weighted by Gasteiger charge is 2.43. The van der Waals surface area contributed by atoms with Crippen molar-refractivity contribution in [3.8, 4) is 17.1 Å². The highest BCUT2D eigenvalue weighted by atomic mass is 16.5. The van der Waals surface area contributed by atoms with Crippen molar-refractivity contribution in [3.05, 3.63) is 76.6 Å². The summed E-state index contributed by atoms with van der Waals surface area (Å²) in [7, 11) is 0. The Morgan fingerprint density at radius 3 is 2.74 bits per heavy atom. The van der Waals surface area contributed by atoms with Gasteiger partial charge in [-0.3, -0.25) is 4.79 Å². The molecule has 0 unspecified atom stereocenters. The van der Waals surface area contributed by atoms with Gasteiger partial charge in [0.15, 0.2) is 5.78 Å². The number of Topliss-reactive ketones (excluding diaryl/α,β-unsaturated/α-hetero) is 1. The fourth-order valence-corrected chi connectivity index (χ4v) is 4.66. The normalized spacial score (nSPS) is 17.2. The summed E-state index contributed by atoms with van der Waals surface area (Å²) >= 11 is 0. The molecule has 2 aliphatic rings. The molecule has 1 heterocycles. The van der Waals surface area contributed by atoms with E-state index in [1.807, 2.05) is 18.2 Å². The summed E-state index contributed by atoms with van der Waals surface area (Å²) in [6.45, 7) is 3.92. The number of ketones is 1. The van der Waals surface area contributed by atoms with Gasteiger partial charge in [0.1, 0.15) is 24.3 Å². The van der Waals surface area contributed by atoms with E-state index in [1.165, 1.54) is 0 Å². The number of carbonyl (C=O) groups is 1. The number of fused-ring (bicyclic) bond motifs is 3. The fraction of sp³-hybridized carbons (Fsp3) is 0.280. The van der Waals surface area contributed by atoms with Crippen LogP contribution in [0.4, 0.5) is 0 Å². The third-order valence-electron chi connectivity index (χ3n) is 6.36. The number of hydrogen-bond donors (Lipinski definition) is 3. The van der Waals surface area contributed by atoms with Gasteiger partial charge in [0.2, 0.25) is 0 Å². The number of nitrogens with zero attached hydrogens (tertiary/aromatic N) is 1. The van der Waals surface area contributed by atoms with Crippen LogP contribution in [0.1, 0.15) is 40.9 Å². The summed E-state index contributed by atoms with van der Waals surface area (Å²) in [5, 5.41) is 18.6. The van der Waals surface area contributed by atoms with Gasteiger partial charge in [-0.2, -0.15) is 0 Å². The number of aromatic amines is 1. The summed E-state index contributed by atoms with van der Waals surface area (Å²) in [5.41, 5.74) is 6.32. The first-order chi connectivity index (χ1) is 14.9. The highest BCUT2D eigenvalue weighted by Crippen LogP contribution is 2.50. The minimum atomic E-state index is -0.937. The lowest BCUT2D eigenvalue weighted by Gasteiger charge is -2.34. The van der Waals surface area contributed by atoms with E-state index in [0.29, 0.717) is 17.7 Å². The third-order valence-corrected chi connectivity index (χ3v) is 6.36. The molecule has 31 heavy (non-hydrogen) atoms. The Morgan fingerprint density at radius 1 is 1.19 bits per heavy atom. The maximum atomic E-state index is 13.5. The zero-order chi connectivity index (χ0) is 21.8. The highest BCUT2D eigenvalue weighted by molar-refractivity contribution is 6.33. The summed E-state index contributed by atoms with van der Waals surface area (Å²) in [6, 6.07) is 11.6. The van der Waals surface area contributed by atoms with Crippen molar-refractivity contribution in [1.82, 2.24) is 9.97 Å². The van der Waals surface area contributed by atoms with Crippen LogP contribution in [0, 0.1) is 0 Å². The second-order valence-corrected chi connectivity index (χ2v) is 8.65. The van der Waals surface area contributed by atoms with Crippen LogP contribution >= 0.6 is 0 Å². The van der Waals surface area contributed by atoms with Crippen LogP contribution in [0.25, 0.3) is 17.0 Å². The van der Waals surface area contributed by atoms with E-state index in [2.05, 4.69) is 29.9 Å². The monoisotopic (exact) mass is 416 g/mol. The number of H-pyrrole nitrogens is 1. The second-order valence-electron chi connectivity index (χ2n) is 8.65. The van der Waals surface area contributed by atoms with Crippen molar-refractivity contribution in [1.29, 1.82) is 0 Å². The Kier molecular flexibility index (Phi) is 4.57. The van der Waals surface area contributed by atoms with E-state index in [9.17, 15) is 9.90 Å². The summed E-state index contributed by atoms with van der Waals surface area (Å²) < 4.78 is 5.64. The van der Waals surface area contributed by atoms with Gasteiger partial charge < -0.3 is 19.9 Å². The number of benzene rings is 2. The molecule has 0 saturated carbocycles. The maximum absolute atomic E-state index is 13.5. The average molecular weight is 416 g/mol. The van der Waals surface area contributed by atoms with Gasteiger partial charge in [-0.1, -0.05) is 26.0 Å². The Hall–Kier alpha value is -3.22. The number of allylic oxidation sites excluding steroid dienone is 2. The van der Waals surface area contributed by atoms with Gasteiger partial charge in [-0.05, 0) is 52.9 Å². The number of aliphatic hydroxyl groups excluding tert-OH is 2. The molecule has 1 atom stereocenters. The van der Waals surface area contributed by atoms with Gasteiger partial charge in [0.05, 0.1) is 6.61 Å². The van der Waals surface area contributed by atoms with Crippen LogP contribution in [0.5, 0.6) is 5.75 Å². The number of carbonyl (C=O) groups excluding carboxylic acids is 1. The molecule has 0 aliphatic heterocycles. The quantitative estimate of drug-likeness (QED) is 0.593. The third kappa shape index (κ3) is 3.10. The van der Waals surface area contributed by atoms with Crippen molar-refractivity contribution < 1.29 is 19.7 Å². The van der Waals surface area contributed by atoms with Crippen molar-refractivity contribution in [2.75, 3.05) is 13.2 Å². The van der Waals surface area contributed by atoms with E-state index < -0.39 is 6.10 Å². The molecule has 5 rings (SSSR count). The average Bonchev–Trinajstić information content (AvgIpc) is 3.44. The molecule has 1 aromatic heterocycles.